The number of hydrogen-bond acceptors (Lipinski definition) is 5. The molecule has 0 unspecified atom stereocenters. The first-order valence-corrected chi connectivity index (χ1v) is 10.5. The fourth-order valence-corrected chi connectivity index (χ4v) is 3.78. The van der Waals surface area contributed by atoms with Crippen molar-refractivity contribution < 1.29 is 9.13 Å². The van der Waals surface area contributed by atoms with Gasteiger partial charge in [-0.3, -0.25) is 4.90 Å². The van der Waals surface area contributed by atoms with Crippen LogP contribution in [-0.2, 0) is 6.54 Å². The molecule has 0 amide bonds. The van der Waals surface area contributed by atoms with Gasteiger partial charge in [-0.05, 0) is 37.5 Å². The summed E-state index contributed by atoms with van der Waals surface area (Å²) in [7, 11) is 0. The average molecular weight is 407 g/mol. The molecule has 0 atom stereocenters. The van der Waals surface area contributed by atoms with Crippen LogP contribution in [0, 0.1) is 5.82 Å². The lowest BCUT2D eigenvalue weighted by Gasteiger charge is -2.32. The minimum atomic E-state index is -0.302. The van der Waals surface area contributed by atoms with Crippen LogP contribution in [0.3, 0.4) is 0 Å². The number of ether oxygens (including phenoxy) is 1. The second-order valence-electron chi connectivity index (χ2n) is 7.55. The molecule has 0 saturated carbocycles. The van der Waals surface area contributed by atoms with Crippen molar-refractivity contribution >= 4 is 5.69 Å². The molecule has 1 N–H and O–H groups in total. The highest BCUT2D eigenvalue weighted by atomic mass is 19.1. The maximum absolute atomic E-state index is 13.8. The number of halogens is 1. The Hall–Kier alpha value is -2.99. The minimum Gasteiger partial charge on any atom is -0.491 e. The number of benzene rings is 2. The lowest BCUT2D eigenvalue weighted by Crippen LogP contribution is -2.38. The molecule has 0 spiro atoms. The molecule has 30 heavy (non-hydrogen) atoms. The van der Waals surface area contributed by atoms with Crippen LogP contribution in [-0.4, -0.2) is 40.6 Å². The molecular formula is C24H27FN4O. The van der Waals surface area contributed by atoms with Gasteiger partial charge in [-0.1, -0.05) is 36.4 Å². The first kappa shape index (κ1) is 20.3. The summed E-state index contributed by atoms with van der Waals surface area (Å²) >= 11 is 0. The topological polar surface area (TPSA) is 50.3 Å². The van der Waals surface area contributed by atoms with Gasteiger partial charge in [0, 0.05) is 31.2 Å². The fourth-order valence-electron chi connectivity index (χ4n) is 3.78. The SMILES string of the molecule is CCOc1cc(CN2CCC(Nc3cnc(-c4ccccc4)nc3)CC2)ccc1F. The average Bonchev–Trinajstić information content (AvgIpc) is 2.79. The molecule has 1 fully saturated rings. The second-order valence-corrected chi connectivity index (χ2v) is 7.55. The Bertz CT molecular complexity index is 941. The van der Waals surface area contributed by atoms with Crippen molar-refractivity contribution in [1.29, 1.82) is 0 Å². The molecule has 3 aromatic rings. The van der Waals surface area contributed by atoms with E-state index < -0.39 is 0 Å². The number of hydrogen-bond donors (Lipinski definition) is 1. The Balaban J connectivity index is 1.28. The third kappa shape index (κ3) is 5.13. The standard InChI is InChI=1S/C24H27FN4O/c1-2-30-23-14-18(8-9-22(23)25)17-29-12-10-20(11-13-29)28-21-15-26-24(27-16-21)19-6-4-3-5-7-19/h3-9,14-16,20,28H,2,10-13,17H2,1H3. The summed E-state index contributed by atoms with van der Waals surface area (Å²) in [5, 5.41) is 3.56. The zero-order valence-electron chi connectivity index (χ0n) is 17.2. The maximum atomic E-state index is 13.8. The predicted molar refractivity (Wildman–Crippen MR) is 117 cm³/mol. The number of nitrogens with one attached hydrogen (secondary N) is 1. The summed E-state index contributed by atoms with van der Waals surface area (Å²) in [5.41, 5.74) is 3.05. The number of nitrogens with zero attached hydrogens (tertiary/aromatic N) is 3. The van der Waals surface area contributed by atoms with Crippen LogP contribution in [0.1, 0.15) is 25.3 Å². The van der Waals surface area contributed by atoms with E-state index in [1.54, 1.807) is 0 Å². The van der Waals surface area contributed by atoms with E-state index in [1.807, 2.05) is 61.8 Å². The summed E-state index contributed by atoms with van der Waals surface area (Å²) in [4.78, 5) is 11.4. The van der Waals surface area contributed by atoms with Gasteiger partial charge in [-0.15, -0.1) is 0 Å². The molecule has 5 nitrogen and oxygen atoms in total. The second kappa shape index (κ2) is 9.67. The third-order valence-corrected chi connectivity index (χ3v) is 5.34. The van der Waals surface area contributed by atoms with E-state index in [-0.39, 0.29) is 5.82 Å². The molecule has 4 rings (SSSR count). The lowest BCUT2D eigenvalue weighted by atomic mass is 10.0. The highest BCUT2D eigenvalue weighted by Gasteiger charge is 2.20. The quantitative estimate of drug-likeness (QED) is 0.613. The van der Waals surface area contributed by atoms with Crippen molar-refractivity contribution in [1.82, 2.24) is 14.9 Å². The predicted octanol–water partition coefficient (Wildman–Crippen LogP) is 4.76. The Labute approximate surface area is 176 Å². The van der Waals surface area contributed by atoms with Gasteiger partial charge in [0.15, 0.2) is 17.4 Å². The van der Waals surface area contributed by atoms with Crippen LogP contribution in [0.5, 0.6) is 5.75 Å². The zero-order valence-corrected chi connectivity index (χ0v) is 17.2. The van der Waals surface area contributed by atoms with Crippen LogP contribution in [0.4, 0.5) is 10.1 Å². The Kier molecular flexibility index (Phi) is 6.54. The van der Waals surface area contributed by atoms with Crippen LogP contribution in [0.25, 0.3) is 11.4 Å². The summed E-state index contributed by atoms with van der Waals surface area (Å²) in [5.74, 6) is 0.774. The third-order valence-electron chi connectivity index (χ3n) is 5.34. The smallest absolute Gasteiger partial charge is 0.165 e. The number of likely N-dealkylation sites (tertiary alicyclic amines) is 1. The number of aromatic nitrogens is 2. The van der Waals surface area contributed by atoms with E-state index in [2.05, 4.69) is 20.2 Å². The van der Waals surface area contributed by atoms with Crippen molar-refractivity contribution in [3.63, 3.8) is 0 Å². The highest BCUT2D eigenvalue weighted by molar-refractivity contribution is 5.55. The number of piperidine rings is 1. The maximum Gasteiger partial charge on any atom is 0.165 e. The van der Waals surface area contributed by atoms with Gasteiger partial charge in [0.2, 0.25) is 0 Å². The van der Waals surface area contributed by atoms with Crippen molar-refractivity contribution in [2.45, 2.75) is 32.4 Å². The van der Waals surface area contributed by atoms with Gasteiger partial charge in [0.25, 0.3) is 0 Å². The van der Waals surface area contributed by atoms with Gasteiger partial charge >= 0.3 is 0 Å². The van der Waals surface area contributed by atoms with Gasteiger partial charge in [-0.2, -0.15) is 0 Å². The van der Waals surface area contributed by atoms with Crippen molar-refractivity contribution in [2.75, 3.05) is 25.0 Å². The normalized spacial score (nSPS) is 15.1. The largest absolute Gasteiger partial charge is 0.491 e. The fraction of sp³-hybridized carbons (Fsp3) is 0.333. The molecule has 1 aliphatic rings. The molecule has 2 aromatic carbocycles. The molecule has 0 bridgehead atoms. The van der Waals surface area contributed by atoms with E-state index in [0.717, 1.165) is 55.1 Å². The first-order chi connectivity index (χ1) is 14.7. The Morgan fingerprint density at radius 1 is 1.07 bits per heavy atom. The number of anilines is 1. The molecule has 6 heteroatoms. The van der Waals surface area contributed by atoms with E-state index in [4.69, 9.17) is 4.74 Å². The molecule has 1 aromatic heterocycles. The van der Waals surface area contributed by atoms with Crippen molar-refractivity contribution in [2.24, 2.45) is 0 Å². The van der Waals surface area contributed by atoms with Gasteiger partial charge in [-0.25, -0.2) is 14.4 Å². The molecule has 0 aliphatic carbocycles. The van der Waals surface area contributed by atoms with E-state index in [0.29, 0.717) is 18.4 Å². The molecule has 0 radical (unpaired) electrons. The monoisotopic (exact) mass is 406 g/mol. The van der Waals surface area contributed by atoms with E-state index in [1.165, 1.54) is 6.07 Å². The molecule has 2 heterocycles. The van der Waals surface area contributed by atoms with Gasteiger partial charge in [0.1, 0.15) is 0 Å². The van der Waals surface area contributed by atoms with Crippen LogP contribution in [0.2, 0.25) is 0 Å². The molecule has 1 aliphatic heterocycles. The molecule has 1 saturated heterocycles. The van der Waals surface area contributed by atoms with Gasteiger partial charge in [0.05, 0.1) is 24.7 Å². The van der Waals surface area contributed by atoms with E-state index in [9.17, 15) is 4.39 Å². The van der Waals surface area contributed by atoms with Crippen molar-refractivity contribution in [3.8, 4) is 17.1 Å². The highest BCUT2D eigenvalue weighted by Crippen LogP contribution is 2.22. The number of rotatable bonds is 7. The lowest BCUT2D eigenvalue weighted by molar-refractivity contribution is 0.211. The minimum absolute atomic E-state index is 0.302. The summed E-state index contributed by atoms with van der Waals surface area (Å²) < 4.78 is 19.1. The zero-order chi connectivity index (χ0) is 20.8. The Morgan fingerprint density at radius 2 is 1.80 bits per heavy atom. The molecular weight excluding hydrogens is 379 g/mol. The first-order valence-electron chi connectivity index (χ1n) is 10.5. The van der Waals surface area contributed by atoms with E-state index >= 15 is 0 Å². The summed E-state index contributed by atoms with van der Waals surface area (Å²) in [6.45, 7) is 5.11. The van der Waals surface area contributed by atoms with Crippen LogP contribution >= 0.6 is 0 Å². The molecule has 156 valence electrons. The van der Waals surface area contributed by atoms with Crippen LogP contribution < -0.4 is 10.1 Å². The summed E-state index contributed by atoms with van der Waals surface area (Å²) in [6, 6.07) is 15.5. The van der Waals surface area contributed by atoms with Gasteiger partial charge < -0.3 is 10.1 Å². The van der Waals surface area contributed by atoms with Crippen LogP contribution in [0.15, 0.2) is 60.9 Å². The van der Waals surface area contributed by atoms with Crippen molar-refractivity contribution in [3.05, 3.63) is 72.3 Å². The summed E-state index contributed by atoms with van der Waals surface area (Å²) in [6.07, 6.45) is 5.80. The Morgan fingerprint density at radius 3 is 2.50 bits per heavy atom.